The molecule has 0 aliphatic carbocycles. The predicted molar refractivity (Wildman–Crippen MR) is 114 cm³/mol. The number of aryl methyl sites for hydroxylation is 1. The van der Waals surface area contributed by atoms with Crippen molar-refractivity contribution in [2.24, 2.45) is 0 Å². The number of methoxy groups -OCH3 is 1. The summed E-state index contributed by atoms with van der Waals surface area (Å²) in [5.74, 6) is 0.520. The normalized spacial score (nSPS) is 10.5. The highest BCUT2D eigenvalue weighted by molar-refractivity contribution is 7.16. The summed E-state index contributed by atoms with van der Waals surface area (Å²) in [5, 5.41) is 4.17. The Morgan fingerprint density at radius 1 is 1.07 bits per heavy atom. The van der Waals surface area contributed by atoms with Crippen molar-refractivity contribution in [2.75, 3.05) is 19.0 Å². The van der Waals surface area contributed by atoms with Crippen LogP contribution in [0.2, 0.25) is 0 Å². The fourth-order valence-electron chi connectivity index (χ4n) is 2.83. The van der Waals surface area contributed by atoms with Crippen molar-refractivity contribution in [1.82, 2.24) is 4.98 Å². The molecule has 3 rings (SSSR count). The molecule has 0 amide bonds. The zero-order valence-electron chi connectivity index (χ0n) is 16.3. The third kappa shape index (κ3) is 4.70. The largest absolute Gasteiger partial charge is 0.494 e. The van der Waals surface area contributed by atoms with E-state index in [1.54, 1.807) is 23.5 Å². The molecule has 0 saturated heterocycles. The maximum Gasteiger partial charge on any atom is 0.337 e. The molecule has 1 heterocycles. The molecule has 28 heavy (non-hydrogen) atoms. The number of hydrogen-bond donors (Lipinski definition) is 1. The Hall–Kier alpha value is -2.86. The van der Waals surface area contributed by atoms with E-state index in [1.165, 1.54) is 12.0 Å². The molecule has 1 N–H and O–H groups in total. The lowest BCUT2D eigenvalue weighted by molar-refractivity contribution is 0.0601. The number of hydrogen-bond acceptors (Lipinski definition) is 6. The van der Waals surface area contributed by atoms with Crippen molar-refractivity contribution in [3.05, 3.63) is 59.0 Å². The number of esters is 1. The highest BCUT2D eigenvalue weighted by Gasteiger charge is 2.13. The number of anilines is 2. The van der Waals surface area contributed by atoms with Gasteiger partial charge in [-0.15, -0.1) is 11.3 Å². The van der Waals surface area contributed by atoms with Gasteiger partial charge in [0, 0.05) is 16.1 Å². The number of ether oxygens (including phenoxy) is 2. The summed E-state index contributed by atoms with van der Waals surface area (Å²) >= 11 is 1.66. The molecule has 0 aliphatic rings. The van der Waals surface area contributed by atoms with Gasteiger partial charge in [-0.1, -0.05) is 13.3 Å². The molecule has 1 aromatic heterocycles. The zero-order chi connectivity index (χ0) is 19.9. The topological polar surface area (TPSA) is 60.5 Å². The van der Waals surface area contributed by atoms with Crippen molar-refractivity contribution in [3.63, 3.8) is 0 Å². The number of nitrogens with one attached hydrogen (secondary N) is 1. The number of carbonyl (C=O) groups excluding carboxylic acids is 1. The van der Waals surface area contributed by atoms with E-state index in [1.807, 2.05) is 43.3 Å². The second-order valence-electron chi connectivity index (χ2n) is 6.19. The van der Waals surface area contributed by atoms with Gasteiger partial charge in [0.2, 0.25) is 0 Å². The molecule has 0 spiro atoms. The van der Waals surface area contributed by atoms with E-state index in [4.69, 9.17) is 14.5 Å². The lowest BCUT2D eigenvalue weighted by atomic mass is 10.1. The van der Waals surface area contributed by atoms with Gasteiger partial charge in [-0.05, 0) is 61.9 Å². The monoisotopic (exact) mass is 396 g/mol. The molecule has 6 heteroatoms. The van der Waals surface area contributed by atoms with Gasteiger partial charge in [0.25, 0.3) is 0 Å². The smallest absolute Gasteiger partial charge is 0.337 e. The third-order valence-electron chi connectivity index (χ3n) is 4.17. The Balaban J connectivity index is 1.82. The number of carbonyl (C=O) groups is 1. The minimum absolute atomic E-state index is 0.344. The van der Waals surface area contributed by atoms with Crippen LogP contribution in [0.4, 0.5) is 10.8 Å². The quantitative estimate of drug-likeness (QED) is 0.496. The first-order valence-electron chi connectivity index (χ1n) is 9.33. The van der Waals surface area contributed by atoms with Crippen molar-refractivity contribution in [3.8, 4) is 17.0 Å². The fourth-order valence-corrected chi connectivity index (χ4v) is 3.94. The Morgan fingerprint density at radius 2 is 1.79 bits per heavy atom. The zero-order valence-corrected chi connectivity index (χ0v) is 17.1. The Labute approximate surface area is 169 Å². The maximum atomic E-state index is 11.6. The van der Waals surface area contributed by atoms with Gasteiger partial charge in [0.1, 0.15) is 5.75 Å². The number of benzene rings is 2. The molecular formula is C22H24N2O3S. The number of aromatic nitrogens is 1. The van der Waals surface area contributed by atoms with E-state index in [0.29, 0.717) is 12.2 Å². The standard InChI is InChI=1S/C22H24N2O3S/c1-4-6-19-20(15-9-13-18(14-10-15)27-5-2)24-22(28-19)23-17-11-7-16(8-12-17)21(25)26-3/h7-14H,4-6H2,1-3H3,(H,23,24). The summed E-state index contributed by atoms with van der Waals surface area (Å²) in [6.45, 7) is 4.80. The predicted octanol–water partition coefficient (Wildman–Crippen LogP) is 5.69. The molecule has 0 aliphatic heterocycles. The molecule has 146 valence electrons. The van der Waals surface area contributed by atoms with Gasteiger partial charge in [0.15, 0.2) is 5.13 Å². The Morgan fingerprint density at radius 3 is 2.39 bits per heavy atom. The molecule has 5 nitrogen and oxygen atoms in total. The van der Waals surface area contributed by atoms with Gasteiger partial charge in [-0.25, -0.2) is 9.78 Å². The van der Waals surface area contributed by atoms with Gasteiger partial charge >= 0.3 is 5.97 Å². The van der Waals surface area contributed by atoms with Gasteiger partial charge in [0.05, 0.1) is 25.0 Å². The van der Waals surface area contributed by atoms with Crippen LogP contribution in [0.1, 0.15) is 35.5 Å². The van der Waals surface area contributed by atoms with Crippen LogP contribution in [0.25, 0.3) is 11.3 Å². The first-order valence-corrected chi connectivity index (χ1v) is 10.1. The first kappa shape index (κ1) is 19.9. The molecule has 0 radical (unpaired) electrons. The molecule has 0 atom stereocenters. The van der Waals surface area contributed by atoms with Crippen molar-refractivity contribution >= 4 is 28.1 Å². The van der Waals surface area contributed by atoms with Crippen LogP contribution in [0.3, 0.4) is 0 Å². The van der Waals surface area contributed by atoms with Crippen molar-refractivity contribution < 1.29 is 14.3 Å². The van der Waals surface area contributed by atoms with Crippen LogP contribution < -0.4 is 10.1 Å². The summed E-state index contributed by atoms with van der Waals surface area (Å²) in [5.41, 5.74) is 3.48. The van der Waals surface area contributed by atoms with E-state index in [-0.39, 0.29) is 5.97 Å². The van der Waals surface area contributed by atoms with E-state index in [0.717, 1.165) is 40.7 Å². The summed E-state index contributed by atoms with van der Waals surface area (Å²) in [6, 6.07) is 15.2. The third-order valence-corrected chi connectivity index (χ3v) is 5.20. The lowest BCUT2D eigenvalue weighted by Crippen LogP contribution is -2.00. The van der Waals surface area contributed by atoms with E-state index < -0.39 is 0 Å². The number of thiazole rings is 1. The molecule has 2 aromatic carbocycles. The summed E-state index contributed by atoms with van der Waals surface area (Å²) in [6.07, 6.45) is 2.03. The van der Waals surface area contributed by atoms with Gasteiger partial charge in [-0.2, -0.15) is 0 Å². The molecule has 0 bridgehead atoms. The number of rotatable bonds is 8. The molecule has 0 fully saturated rings. The highest BCUT2D eigenvalue weighted by atomic mass is 32.1. The second-order valence-corrected chi connectivity index (χ2v) is 7.28. The minimum atomic E-state index is -0.344. The van der Waals surface area contributed by atoms with Crippen molar-refractivity contribution in [1.29, 1.82) is 0 Å². The van der Waals surface area contributed by atoms with Crippen LogP contribution >= 0.6 is 11.3 Å². The Kier molecular flexibility index (Phi) is 6.66. The molecular weight excluding hydrogens is 372 g/mol. The second kappa shape index (κ2) is 9.37. The van der Waals surface area contributed by atoms with E-state index in [9.17, 15) is 4.79 Å². The fraction of sp³-hybridized carbons (Fsp3) is 0.273. The van der Waals surface area contributed by atoms with E-state index >= 15 is 0 Å². The maximum absolute atomic E-state index is 11.6. The molecule has 0 saturated carbocycles. The summed E-state index contributed by atoms with van der Waals surface area (Å²) in [7, 11) is 1.38. The lowest BCUT2D eigenvalue weighted by Gasteiger charge is -2.05. The van der Waals surface area contributed by atoms with Crippen LogP contribution in [0, 0.1) is 0 Å². The average Bonchev–Trinajstić information content (AvgIpc) is 3.11. The molecule has 0 unspecified atom stereocenters. The van der Waals surface area contributed by atoms with Crippen LogP contribution in [0.5, 0.6) is 5.75 Å². The van der Waals surface area contributed by atoms with Crippen LogP contribution in [-0.4, -0.2) is 24.7 Å². The van der Waals surface area contributed by atoms with E-state index in [2.05, 4.69) is 12.2 Å². The first-order chi connectivity index (χ1) is 13.6. The SMILES string of the molecule is CCCc1sc(Nc2ccc(C(=O)OC)cc2)nc1-c1ccc(OCC)cc1. The highest BCUT2D eigenvalue weighted by Crippen LogP contribution is 2.34. The Bertz CT molecular complexity index is 918. The van der Waals surface area contributed by atoms with Gasteiger partial charge < -0.3 is 14.8 Å². The van der Waals surface area contributed by atoms with Gasteiger partial charge in [-0.3, -0.25) is 0 Å². The number of nitrogens with zero attached hydrogens (tertiary/aromatic N) is 1. The van der Waals surface area contributed by atoms with Crippen LogP contribution in [-0.2, 0) is 11.2 Å². The van der Waals surface area contributed by atoms with Crippen molar-refractivity contribution in [2.45, 2.75) is 26.7 Å². The summed E-state index contributed by atoms with van der Waals surface area (Å²) < 4.78 is 10.3. The van der Waals surface area contributed by atoms with Crippen LogP contribution in [0.15, 0.2) is 48.5 Å². The summed E-state index contributed by atoms with van der Waals surface area (Å²) in [4.78, 5) is 17.6. The average molecular weight is 397 g/mol. The minimum Gasteiger partial charge on any atom is -0.494 e. The molecule has 3 aromatic rings.